The number of aromatic nitrogens is 1. The third-order valence-corrected chi connectivity index (χ3v) is 4.81. The number of ether oxygens (including phenoxy) is 1. The average Bonchev–Trinajstić information content (AvgIpc) is 2.81. The van der Waals surface area contributed by atoms with Gasteiger partial charge in [-0.05, 0) is 48.5 Å². The van der Waals surface area contributed by atoms with E-state index >= 15 is 0 Å². The second-order valence-electron chi connectivity index (χ2n) is 6.85. The first kappa shape index (κ1) is 19.6. The summed E-state index contributed by atoms with van der Waals surface area (Å²) in [4.78, 5) is 31.2. The lowest BCUT2D eigenvalue weighted by Crippen LogP contribution is -2.36. The molecular formula is C23H22N4O3. The first-order chi connectivity index (χ1) is 14.7. The number of carbonyl (C=O) groups is 2. The quantitative estimate of drug-likeness (QED) is 0.683. The van der Waals surface area contributed by atoms with E-state index < -0.39 is 0 Å². The number of anilines is 3. The molecule has 0 atom stereocenters. The predicted molar refractivity (Wildman–Crippen MR) is 116 cm³/mol. The summed E-state index contributed by atoms with van der Waals surface area (Å²) in [6.07, 6.45) is 1.75. The van der Waals surface area contributed by atoms with Crippen molar-refractivity contribution in [3.8, 4) is 0 Å². The highest BCUT2D eigenvalue weighted by Gasteiger charge is 2.12. The molecule has 1 aromatic heterocycles. The van der Waals surface area contributed by atoms with Crippen LogP contribution in [0.15, 0.2) is 72.9 Å². The average molecular weight is 402 g/mol. The van der Waals surface area contributed by atoms with Crippen molar-refractivity contribution in [1.29, 1.82) is 0 Å². The fourth-order valence-electron chi connectivity index (χ4n) is 3.15. The van der Waals surface area contributed by atoms with Gasteiger partial charge in [-0.2, -0.15) is 0 Å². The van der Waals surface area contributed by atoms with E-state index in [1.807, 2.05) is 24.3 Å². The van der Waals surface area contributed by atoms with E-state index in [1.54, 1.807) is 48.7 Å². The number of amides is 2. The van der Waals surface area contributed by atoms with Gasteiger partial charge in [-0.1, -0.05) is 18.2 Å². The van der Waals surface area contributed by atoms with Crippen LogP contribution in [-0.4, -0.2) is 43.1 Å². The second-order valence-corrected chi connectivity index (χ2v) is 6.85. The summed E-state index contributed by atoms with van der Waals surface area (Å²) in [6, 6.07) is 19.4. The van der Waals surface area contributed by atoms with Gasteiger partial charge in [-0.15, -0.1) is 0 Å². The van der Waals surface area contributed by atoms with Gasteiger partial charge < -0.3 is 20.3 Å². The number of morpholine rings is 1. The maximum absolute atomic E-state index is 12.5. The molecule has 1 aliphatic rings. The Hall–Kier alpha value is -3.71. The van der Waals surface area contributed by atoms with Crippen LogP contribution in [0.25, 0.3) is 0 Å². The SMILES string of the molecule is O=C(Nc1ccc(C(=O)Nc2ccc(N3CCOCC3)cn2)cc1)c1ccccc1. The summed E-state index contributed by atoms with van der Waals surface area (Å²) in [7, 11) is 0. The molecule has 4 rings (SSSR count). The van der Waals surface area contributed by atoms with Crippen molar-refractivity contribution < 1.29 is 14.3 Å². The molecule has 2 heterocycles. The molecule has 0 unspecified atom stereocenters. The number of benzene rings is 2. The molecule has 0 radical (unpaired) electrons. The highest BCUT2D eigenvalue weighted by Crippen LogP contribution is 2.17. The Morgan fingerprint density at radius 1 is 0.800 bits per heavy atom. The molecule has 0 bridgehead atoms. The minimum atomic E-state index is -0.262. The first-order valence-corrected chi connectivity index (χ1v) is 9.75. The van der Waals surface area contributed by atoms with Crippen LogP contribution in [0.4, 0.5) is 17.2 Å². The van der Waals surface area contributed by atoms with Gasteiger partial charge in [0.1, 0.15) is 5.82 Å². The molecule has 3 aromatic rings. The minimum absolute atomic E-state index is 0.197. The highest BCUT2D eigenvalue weighted by molar-refractivity contribution is 6.06. The smallest absolute Gasteiger partial charge is 0.256 e. The molecular weight excluding hydrogens is 380 g/mol. The zero-order valence-electron chi connectivity index (χ0n) is 16.4. The number of hydrogen-bond acceptors (Lipinski definition) is 5. The van der Waals surface area contributed by atoms with Crippen molar-refractivity contribution in [2.45, 2.75) is 0 Å². The topological polar surface area (TPSA) is 83.6 Å². The highest BCUT2D eigenvalue weighted by atomic mass is 16.5. The standard InChI is InChI=1S/C23H22N4O3/c28-22(17-4-2-1-3-5-17)25-19-8-6-18(7-9-19)23(29)26-21-11-10-20(16-24-21)27-12-14-30-15-13-27/h1-11,16H,12-15H2,(H,25,28)(H,24,26,29). The van der Waals surface area contributed by atoms with Gasteiger partial charge in [0.25, 0.3) is 11.8 Å². The summed E-state index contributed by atoms with van der Waals surface area (Å²) in [6.45, 7) is 3.08. The Balaban J connectivity index is 1.35. The Kier molecular flexibility index (Phi) is 6.01. The predicted octanol–water partition coefficient (Wildman–Crippen LogP) is 3.42. The molecule has 1 saturated heterocycles. The fourth-order valence-corrected chi connectivity index (χ4v) is 3.15. The van der Waals surface area contributed by atoms with Crippen LogP contribution in [0.5, 0.6) is 0 Å². The molecule has 1 fully saturated rings. The van der Waals surface area contributed by atoms with Gasteiger partial charge in [-0.25, -0.2) is 4.98 Å². The van der Waals surface area contributed by atoms with Crippen LogP contribution >= 0.6 is 0 Å². The van der Waals surface area contributed by atoms with E-state index in [0.717, 1.165) is 18.8 Å². The van der Waals surface area contributed by atoms with Crippen LogP contribution in [0.2, 0.25) is 0 Å². The third-order valence-electron chi connectivity index (χ3n) is 4.81. The molecule has 7 nitrogen and oxygen atoms in total. The van der Waals surface area contributed by atoms with Crippen molar-refractivity contribution >= 4 is 29.0 Å². The molecule has 30 heavy (non-hydrogen) atoms. The van der Waals surface area contributed by atoms with E-state index in [1.165, 1.54) is 0 Å². The molecule has 2 amide bonds. The molecule has 0 aliphatic carbocycles. The molecule has 7 heteroatoms. The normalized spacial score (nSPS) is 13.5. The number of pyridine rings is 1. The zero-order chi connectivity index (χ0) is 20.8. The Morgan fingerprint density at radius 3 is 2.13 bits per heavy atom. The van der Waals surface area contributed by atoms with E-state index in [4.69, 9.17) is 4.74 Å². The van der Waals surface area contributed by atoms with Crippen molar-refractivity contribution in [2.24, 2.45) is 0 Å². The van der Waals surface area contributed by atoms with E-state index in [0.29, 0.717) is 35.8 Å². The number of hydrogen-bond donors (Lipinski definition) is 2. The van der Waals surface area contributed by atoms with Gasteiger partial charge >= 0.3 is 0 Å². The lowest BCUT2D eigenvalue weighted by molar-refractivity contribution is 0.101. The van der Waals surface area contributed by atoms with Crippen LogP contribution in [0.1, 0.15) is 20.7 Å². The Bertz CT molecular complexity index is 999. The summed E-state index contributed by atoms with van der Waals surface area (Å²) in [5, 5.41) is 5.61. The lowest BCUT2D eigenvalue weighted by Gasteiger charge is -2.28. The molecule has 1 aliphatic heterocycles. The fraction of sp³-hybridized carbons (Fsp3) is 0.174. The van der Waals surface area contributed by atoms with Gasteiger partial charge in [-0.3, -0.25) is 9.59 Å². The lowest BCUT2D eigenvalue weighted by atomic mass is 10.1. The minimum Gasteiger partial charge on any atom is -0.378 e. The molecule has 152 valence electrons. The third kappa shape index (κ3) is 4.82. The molecule has 0 saturated carbocycles. The van der Waals surface area contributed by atoms with Crippen molar-refractivity contribution in [1.82, 2.24) is 4.98 Å². The van der Waals surface area contributed by atoms with Crippen LogP contribution in [0.3, 0.4) is 0 Å². The van der Waals surface area contributed by atoms with Crippen molar-refractivity contribution in [3.63, 3.8) is 0 Å². The van der Waals surface area contributed by atoms with Crippen molar-refractivity contribution in [2.75, 3.05) is 41.8 Å². The first-order valence-electron chi connectivity index (χ1n) is 9.75. The van der Waals surface area contributed by atoms with Gasteiger partial charge in [0.15, 0.2) is 0 Å². The van der Waals surface area contributed by atoms with Gasteiger partial charge in [0.2, 0.25) is 0 Å². The van der Waals surface area contributed by atoms with E-state index in [-0.39, 0.29) is 11.8 Å². The number of rotatable bonds is 5. The number of carbonyl (C=O) groups excluding carboxylic acids is 2. The number of nitrogens with zero attached hydrogens (tertiary/aromatic N) is 2. The van der Waals surface area contributed by atoms with E-state index in [2.05, 4.69) is 20.5 Å². The zero-order valence-corrected chi connectivity index (χ0v) is 16.4. The Labute approximate surface area is 174 Å². The van der Waals surface area contributed by atoms with Gasteiger partial charge in [0.05, 0.1) is 25.1 Å². The van der Waals surface area contributed by atoms with Crippen molar-refractivity contribution in [3.05, 3.63) is 84.1 Å². The van der Waals surface area contributed by atoms with Gasteiger partial charge in [0, 0.05) is 29.9 Å². The monoisotopic (exact) mass is 402 g/mol. The largest absolute Gasteiger partial charge is 0.378 e. The summed E-state index contributed by atoms with van der Waals surface area (Å²) in [5.41, 5.74) is 2.68. The number of nitrogens with one attached hydrogen (secondary N) is 2. The summed E-state index contributed by atoms with van der Waals surface area (Å²) in [5.74, 6) is 0.0263. The summed E-state index contributed by atoms with van der Waals surface area (Å²) < 4.78 is 5.36. The maximum atomic E-state index is 12.5. The second kappa shape index (κ2) is 9.19. The van der Waals surface area contributed by atoms with Crippen LogP contribution in [0, 0.1) is 0 Å². The Morgan fingerprint density at radius 2 is 1.47 bits per heavy atom. The molecule has 2 aromatic carbocycles. The molecule has 2 N–H and O–H groups in total. The summed E-state index contributed by atoms with van der Waals surface area (Å²) >= 11 is 0. The van der Waals surface area contributed by atoms with Crippen LogP contribution in [-0.2, 0) is 4.74 Å². The maximum Gasteiger partial charge on any atom is 0.256 e. The molecule has 0 spiro atoms. The van der Waals surface area contributed by atoms with E-state index in [9.17, 15) is 9.59 Å². The van der Waals surface area contributed by atoms with Crippen LogP contribution < -0.4 is 15.5 Å².